The number of nitrogen functional groups attached to an aromatic ring is 1. The van der Waals surface area contributed by atoms with Crippen molar-refractivity contribution in [2.75, 3.05) is 5.73 Å². The summed E-state index contributed by atoms with van der Waals surface area (Å²) in [4.78, 5) is 9.12. The Bertz CT molecular complexity index is 632. The van der Waals surface area contributed by atoms with Crippen molar-refractivity contribution in [1.29, 1.82) is 0 Å². The molecule has 0 atom stereocenters. The number of anilines is 1. The van der Waals surface area contributed by atoms with Gasteiger partial charge in [0.1, 0.15) is 0 Å². The van der Waals surface area contributed by atoms with Crippen LogP contribution in [0.1, 0.15) is 0 Å². The van der Waals surface area contributed by atoms with Crippen LogP contribution in [0, 0.1) is 0 Å². The zero-order valence-corrected chi connectivity index (χ0v) is 9.52. The molecule has 3 rings (SSSR count). The predicted molar refractivity (Wildman–Crippen MR) is 65.3 cm³/mol. The number of nitrogens with zero attached hydrogens (tertiary/aromatic N) is 3. The maximum atomic E-state index is 5.65. The molecule has 17 heavy (non-hydrogen) atoms. The van der Waals surface area contributed by atoms with Gasteiger partial charge in [0.25, 0.3) is 5.89 Å². The van der Waals surface area contributed by atoms with Gasteiger partial charge in [0.05, 0.1) is 9.88 Å². The molecule has 0 amide bonds. The third-order valence-electron chi connectivity index (χ3n) is 2.20. The molecule has 84 valence electrons. The minimum absolute atomic E-state index is 0.485. The lowest BCUT2D eigenvalue weighted by atomic mass is 10.2. The lowest BCUT2D eigenvalue weighted by Crippen LogP contribution is -1.80. The number of aromatic nitrogens is 3. The number of thiophene rings is 1. The summed E-state index contributed by atoms with van der Waals surface area (Å²) in [7, 11) is 0. The molecule has 0 aliphatic heterocycles. The Morgan fingerprint density at radius 3 is 2.65 bits per heavy atom. The Hall–Kier alpha value is -2.21. The highest BCUT2D eigenvalue weighted by Crippen LogP contribution is 2.29. The highest BCUT2D eigenvalue weighted by atomic mass is 32.1. The van der Waals surface area contributed by atoms with Gasteiger partial charge in [-0.3, -0.25) is 4.98 Å². The summed E-state index contributed by atoms with van der Waals surface area (Å²) in [6.07, 6.45) is 3.38. The fourth-order valence-electron chi connectivity index (χ4n) is 1.41. The molecule has 5 nitrogen and oxygen atoms in total. The minimum atomic E-state index is 0.485. The molecule has 3 heterocycles. The van der Waals surface area contributed by atoms with Crippen LogP contribution in [0.15, 0.2) is 41.2 Å². The average Bonchev–Trinajstić information content (AvgIpc) is 2.98. The fraction of sp³-hybridized carbons (Fsp3) is 0. The molecule has 0 unspecified atom stereocenters. The molecule has 6 heteroatoms. The van der Waals surface area contributed by atoms with E-state index in [9.17, 15) is 0 Å². The van der Waals surface area contributed by atoms with Crippen LogP contribution in [-0.4, -0.2) is 15.1 Å². The van der Waals surface area contributed by atoms with Gasteiger partial charge in [0, 0.05) is 18.0 Å². The van der Waals surface area contributed by atoms with E-state index in [0.29, 0.717) is 11.7 Å². The van der Waals surface area contributed by atoms with Crippen LogP contribution < -0.4 is 5.73 Å². The number of hydrogen-bond donors (Lipinski definition) is 1. The second kappa shape index (κ2) is 3.99. The van der Waals surface area contributed by atoms with Gasteiger partial charge < -0.3 is 10.3 Å². The minimum Gasteiger partial charge on any atom is -0.391 e. The molecule has 3 aromatic heterocycles. The second-order valence-corrected chi connectivity index (χ2v) is 4.48. The largest absolute Gasteiger partial charge is 0.391 e. The van der Waals surface area contributed by atoms with E-state index in [1.165, 1.54) is 11.3 Å². The third kappa shape index (κ3) is 1.90. The zero-order valence-electron chi connectivity index (χ0n) is 8.70. The van der Waals surface area contributed by atoms with E-state index in [2.05, 4.69) is 15.1 Å². The molecule has 2 N–H and O–H groups in total. The lowest BCUT2D eigenvalue weighted by molar-refractivity contribution is 0.433. The van der Waals surface area contributed by atoms with E-state index in [0.717, 1.165) is 15.4 Å². The van der Waals surface area contributed by atoms with Crippen molar-refractivity contribution < 1.29 is 4.52 Å². The first-order valence-corrected chi connectivity index (χ1v) is 5.74. The Balaban J connectivity index is 1.99. The molecule has 0 aliphatic rings. The van der Waals surface area contributed by atoms with Crippen molar-refractivity contribution in [1.82, 2.24) is 15.1 Å². The van der Waals surface area contributed by atoms with Gasteiger partial charge in [-0.15, -0.1) is 11.3 Å². The molecular weight excluding hydrogens is 236 g/mol. The van der Waals surface area contributed by atoms with Crippen LogP contribution in [0.5, 0.6) is 0 Å². The summed E-state index contributed by atoms with van der Waals surface area (Å²) in [5.41, 5.74) is 6.53. The van der Waals surface area contributed by atoms with Gasteiger partial charge >= 0.3 is 0 Å². The van der Waals surface area contributed by atoms with Crippen molar-refractivity contribution >= 4 is 16.3 Å². The van der Waals surface area contributed by atoms with Crippen LogP contribution in [0.2, 0.25) is 0 Å². The monoisotopic (exact) mass is 244 g/mol. The molecule has 0 aliphatic carbocycles. The number of rotatable bonds is 2. The molecule has 3 aromatic rings. The molecule has 0 saturated carbocycles. The Morgan fingerprint density at radius 1 is 1.12 bits per heavy atom. The van der Waals surface area contributed by atoms with E-state index in [1.54, 1.807) is 12.4 Å². The SMILES string of the molecule is Nc1ccc(-c2nc(-c3ccncc3)no2)s1. The summed E-state index contributed by atoms with van der Waals surface area (Å²) in [5.74, 6) is 1.04. The zero-order chi connectivity index (χ0) is 11.7. The fourth-order valence-corrected chi connectivity index (χ4v) is 2.11. The van der Waals surface area contributed by atoms with Gasteiger partial charge in [0.2, 0.25) is 5.82 Å². The van der Waals surface area contributed by atoms with Gasteiger partial charge in [-0.1, -0.05) is 5.16 Å². The predicted octanol–water partition coefficient (Wildman–Crippen LogP) is 2.44. The summed E-state index contributed by atoms with van der Waals surface area (Å²) < 4.78 is 5.19. The molecule has 0 saturated heterocycles. The van der Waals surface area contributed by atoms with E-state index in [-0.39, 0.29) is 0 Å². The van der Waals surface area contributed by atoms with Crippen LogP contribution in [-0.2, 0) is 0 Å². The first-order chi connectivity index (χ1) is 8.33. The standard InChI is InChI=1S/C11H8N4OS/c12-9-2-1-8(17-9)11-14-10(15-16-11)7-3-5-13-6-4-7/h1-6H,12H2. The summed E-state index contributed by atoms with van der Waals surface area (Å²) in [6, 6.07) is 7.34. The van der Waals surface area contributed by atoms with Gasteiger partial charge in [-0.25, -0.2) is 0 Å². The van der Waals surface area contributed by atoms with Crippen LogP contribution in [0.4, 0.5) is 5.00 Å². The van der Waals surface area contributed by atoms with E-state index in [1.807, 2.05) is 24.3 Å². The van der Waals surface area contributed by atoms with Crippen molar-refractivity contribution in [3.8, 4) is 22.2 Å². The van der Waals surface area contributed by atoms with Crippen molar-refractivity contribution in [2.24, 2.45) is 0 Å². The quantitative estimate of drug-likeness (QED) is 0.749. The van der Waals surface area contributed by atoms with E-state index in [4.69, 9.17) is 10.3 Å². The first-order valence-electron chi connectivity index (χ1n) is 4.93. The van der Waals surface area contributed by atoms with Crippen LogP contribution >= 0.6 is 11.3 Å². The van der Waals surface area contributed by atoms with Gasteiger partial charge in [0.15, 0.2) is 0 Å². The Kier molecular flexibility index (Phi) is 2.34. The molecule has 0 aromatic carbocycles. The average molecular weight is 244 g/mol. The van der Waals surface area contributed by atoms with Crippen LogP contribution in [0.3, 0.4) is 0 Å². The number of nitrogens with two attached hydrogens (primary N) is 1. The maximum absolute atomic E-state index is 5.65. The summed E-state index contributed by atoms with van der Waals surface area (Å²) in [5, 5.41) is 4.65. The molecular formula is C11H8N4OS. The maximum Gasteiger partial charge on any atom is 0.268 e. The van der Waals surface area contributed by atoms with Crippen LogP contribution in [0.25, 0.3) is 22.2 Å². The molecule has 0 spiro atoms. The Morgan fingerprint density at radius 2 is 1.94 bits per heavy atom. The number of pyridine rings is 1. The van der Waals surface area contributed by atoms with Gasteiger partial charge in [-0.2, -0.15) is 4.98 Å². The molecule has 0 bridgehead atoms. The van der Waals surface area contributed by atoms with Crippen molar-refractivity contribution in [3.05, 3.63) is 36.7 Å². The molecule has 0 fully saturated rings. The normalized spacial score (nSPS) is 10.6. The highest BCUT2D eigenvalue weighted by molar-refractivity contribution is 7.19. The topological polar surface area (TPSA) is 77.8 Å². The Labute approximate surface area is 101 Å². The van der Waals surface area contributed by atoms with E-state index >= 15 is 0 Å². The molecule has 0 radical (unpaired) electrons. The van der Waals surface area contributed by atoms with Crippen molar-refractivity contribution in [3.63, 3.8) is 0 Å². The van der Waals surface area contributed by atoms with E-state index < -0.39 is 0 Å². The lowest BCUT2D eigenvalue weighted by Gasteiger charge is -1.89. The highest BCUT2D eigenvalue weighted by Gasteiger charge is 2.11. The van der Waals surface area contributed by atoms with Crippen molar-refractivity contribution in [2.45, 2.75) is 0 Å². The summed E-state index contributed by atoms with van der Waals surface area (Å²) in [6.45, 7) is 0. The second-order valence-electron chi connectivity index (χ2n) is 3.36. The number of hydrogen-bond acceptors (Lipinski definition) is 6. The smallest absolute Gasteiger partial charge is 0.268 e. The summed E-state index contributed by atoms with van der Waals surface area (Å²) >= 11 is 1.42. The van der Waals surface area contributed by atoms with Gasteiger partial charge in [-0.05, 0) is 24.3 Å². The third-order valence-corrected chi connectivity index (χ3v) is 3.10. The first kappa shape index (κ1) is 9.98.